The second-order valence-corrected chi connectivity index (χ2v) is 11.6. The van der Waals surface area contributed by atoms with E-state index < -0.39 is 30.1 Å². The molecule has 2 aromatic heterocycles. The van der Waals surface area contributed by atoms with Crippen molar-refractivity contribution in [1.29, 1.82) is 0 Å². The van der Waals surface area contributed by atoms with E-state index in [9.17, 15) is 5.11 Å². The Hall–Kier alpha value is -4.59. The van der Waals surface area contributed by atoms with Gasteiger partial charge in [0, 0.05) is 6.61 Å². The van der Waals surface area contributed by atoms with Crippen molar-refractivity contribution >= 4 is 17.0 Å². The number of rotatable bonds is 15. The van der Waals surface area contributed by atoms with Crippen molar-refractivity contribution in [3.63, 3.8) is 0 Å². The lowest BCUT2D eigenvalue weighted by atomic mass is 9.80. The number of benzene rings is 3. The molecule has 0 amide bonds. The molecule has 252 valence electrons. The number of anilines is 1. The monoisotopic (exact) mass is 654 g/mol. The van der Waals surface area contributed by atoms with Gasteiger partial charge in [0.15, 0.2) is 17.7 Å². The number of fused-ring (bicyclic) bond motifs is 1. The van der Waals surface area contributed by atoms with Crippen LogP contribution in [0.25, 0.3) is 11.2 Å². The number of ether oxygens (including phenoxy) is 5. The minimum atomic E-state index is -1.09. The van der Waals surface area contributed by atoms with Gasteiger partial charge in [-0.15, -0.1) is 0 Å². The predicted octanol–water partition coefficient (Wildman–Crippen LogP) is 4.21. The van der Waals surface area contributed by atoms with Gasteiger partial charge < -0.3 is 40.3 Å². The number of imidazole rings is 1. The summed E-state index contributed by atoms with van der Waals surface area (Å²) >= 11 is 0. The van der Waals surface area contributed by atoms with Gasteiger partial charge in [0.2, 0.25) is 0 Å². The Kier molecular flexibility index (Phi) is 10.5. The summed E-state index contributed by atoms with van der Waals surface area (Å²) < 4.78 is 32.7. The summed E-state index contributed by atoms with van der Waals surface area (Å²) in [7, 11) is 3.27. The number of aliphatic hydroxyl groups is 1. The summed E-state index contributed by atoms with van der Waals surface area (Å²) in [6, 6.07) is 25.5. The van der Waals surface area contributed by atoms with Gasteiger partial charge >= 0.3 is 0 Å². The number of aliphatic hydroxyl groups excluding tert-OH is 1. The lowest BCUT2D eigenvalue weighted by molar-refractivity contribution is -0.0961. The van der Waals surface area contributed by atoms with Gasteiger partial charge in [0.25, 0.3) is 0 Å². The molecule has 5 N–H and O–H groups in total. The molecule has 12 nitrogen and oxygen atoms in total. The van der Waals surface area contributed by atoms with Crippen molar-refractivity contribution in [2.24, 2.45) is 5.73 Å². The molecule has 1 fully saturated rings. The molecule has 6 rings (SSSR count). The zero-order chi connectivity index (χ0) is 33.5. The molecule has 4 atom stereocenters. The van der Waals surface area contributed by atoms with Crippen molar-refractivity contribution in [2.45, 2.75) is 49.4 Å². The number of nitrogen functional groups attached to an aromatic ring is 1. The fourth-order valence-corrected chi connectivity index (χ4v) is 6.24. The Morgan fingerprint density at radius 2 is 1.48 bits per heavy atom. The lowest BCUT2D eigenvalue weighted by Crippen LogP contribution is -2.40. The maximum absolute atomic E-state index is 11.8. The number of hydrogen-bond acceptors (Lipinski definition) is 11. The van der Waals surface area contributed by atoms with Gasteiger partial charge in [0.05, 0.1) is 27.2 Å². The van der Waals surface area contributed by atoms with Gasteiger partial charge in [-0.2, -0.15) is 0 Å². The molecule has 0 aliphatic carbocycles. The molecule has 0 spiro atoms. The molecule has 3 heterocycles. The molecule has 0 radical (unpaired) electrons. The summed E-state index contributed by atoms with van der Waals surface area (Å²) in [5.74, 6) is 1.69. The molecule has 12 heteroatoms. The van der Waals surface area contributed by atoms with E-state index in [0.717, 1.165) is 47.5 Å². The number of nitrogens with zero attached hydrogens (tertiary/aromatic N) is 4. The first-order valence-corrected chi connectivity index (χ1v) is 16.1. The van der Waals surface area contributed by atoms with E-state index in [4.69, 9.17) is 35.2 Å². The third-order valence-corrected chi connectivity index (χ3v) is 8.77. The zero-order valence-electron chi connectivity index (χ0n) is 27.1. The number of unbranched alkanes of at least 4 members (excludes halogenated alkanes) is 2. The van der Waals surface area contributed by atoms with Crippen molar-refractivity contribution < 1.29 is 28.8 Å². The molecule has 0 saturated carbocycles. The number of nitrogens with two attached hydrogens (primary N) is 2. The Bertz CT molecular complexity index is 1700. The highest BCUT2D eigenvalue weighted by atomic mass is 16.6. The van der Waals surface area contributed by atoms with Gasteiger partial charge in [-0.05, 0) is 66.8 Å². The van der Waals surface area contributed by atoms with Gasteiger partial charge in [-0.3, -0.25) is 4.57 Å². The molecular weight excluding hydrogens is 612 g/mol. The molecule has 48 heavy (non-hydrogen) atoms. The summed E-state index contributed by atoms with van der Waals surface area (Å²) in [6.07, 6.45) is 2.26. The van der Waals surface area contributed by atoms with Crippen molar-refractivity contribution in [3.05, 3.63) is 108 Å². The smallest absolute Gasteiger partial charge is 0.167 e. The largest absolute Gasteiger partial charge is 0.497 e. The Morgan fingerprint density at radius 1 is 0.833 bits per heavy atom. The first-order chi connectivity index (χ1) is 23.5. The van der Waals surface area contributed by atoms with Crippen LogP contribution in [0.5, 0.6) is 11.5 Å². The Balaban J connectivity index is 1.37. The van der Waals surface area contributed by atoms with Crippen molar-refractivity contribution in [2.75, 3.05) is 39.7 Å². The van der Waals surface area contributed by atoms with Crippen molar-refractivity contribution in [3.8, 4) is 11.5 Å². The summed E-state index contributed by atoms with van der Waals surface area (Å²) in [5.41, 5.74) is 14.2. The highest BCUT2D eigenvalue weighted by Gasteiger charge is 2.48. The summed E-state index contributed by atoms with van der Waals surface area (Å²) in [5, 5.41) is 11.8. The number of aromatic nitrogens is 4. The van der Waals surface area contributed by atoms with Crippen LogP contribution in [0.15, 0.2) is 91.5 Å². The standard InChI is InChI=1S/C36H42N6O6/c1-44-27-15-11-25(12-16-27)36(24-9-5-3-6-10-24,26-13-17-28(45-2)18-14-26)47-21-29-31(43)32(46-20-8-4-7-19-37)35(48-29)42-23-41-30-33(38)39-22-40-34(30)42/h3,5-6,9-18,22-23,29,31-32,35,43H,4,7-8,19-21,37H2,1-2H3,(H2,38,39,40)/t29-,31-,32-,35-/m1/s1. The minimum Gasteiger partial charge on any atom is -0.497 e. The maximum Gasteiger partial charge on any atom is 0.167 e. The summed E-state index contributed by atoms with van der Waals surface area (Å²) in [4.78, 5) is 12.9. The van der Waals surface area contributed by atoms with E-state index in [1.165, 1.54) is 6.33 Å². The quantitative estimate of drug-likeness (QED) is 0.110. The van der Waals surface area contributed by atoms with E-state index in [1.54, 1.807) is 25.1 Å². The molecule has 3 aromatic carbocycles. The molecule has 1 saturated heterocycles. The van der Waals surface area contributed by atoms with E-state index >= 15 is 0 Å². The Labute approximate surface area is 279 Å². The van der Waals surface area contributed by atoms with E-state index in [0.29, 0.717) is 24.3 Å². The molecule has 5 aromatic rings. The van der Waals surface area contributed by atoms with Crippen molar-refractivity contribution in [1.82, 2.24) is 19.5 Å². The average molecular weight is 655 g/mol. The second-order valence-electron chi connectivity index (χ2n) is 11.6. The molecule has 0 unspecified atom stereocenters. The highest BCUT2D eigenvalue weighted by molar-refractivity contribution is 5.81. The van der Waals surface area contributed by atoms with Crippen LogP contribution in [-0.2, 0) is 19.8 Å². The first kappa shape index (κ1) is 33.3. The normalized spacial score (nSPS) is 19.5. The van der Waals surface area contributed by atoms with Crippen LogP contribution in [0.4, 0.5) is 5.82 Å². The van der Waals surface area contributed by atoms with Crippen LogP contribution in [0.3, 0.4) is 0 Å². The zero-order valence-corrected chi connectivity index (χ0v) is 27.1. The lowest BCUT2D eigenvalue weighted by Gasteiger charge is -2.37. The van der Waals surface area contributed by atoms with Gasteiger partial charge in [-0.25, -0.2) is 15.0 Å². The van der Waals surface area contributed by atoms with Crippen LogP contribution in [-0.4, -0.2) is 76.9 Å². The third kappa shape index (κ3) is 6.58. The SMILES string of the molecule is COc1ccc(C(OC[C@H]2O[C@@H](n3cnc4c(N)ncnc43)[C@H](OCCCCCN)[C@@H]2O)(c2ccccc2)c2ccc(OC)cc2)cc1. The molecular formula is C36H42N6O6. The fourth-order valence-electron chi connectivity index (χ4n) is 6.24. The van der Waals surface area contributed by atoms with E-state index in [1.807, 2.05) is 78.9 Å². The minimum absolute atomic E-state index is 0.0153. The van der Waals surface area contributed by atoms with Crippen LogP contribution in [0.2, 0.25) is 0 Å². The first-order valence-electron chi connectivity index (χ1n) is 16.1. The van der Waals surface area contributed by atoms with E-state index in [-0.39, 0.29) is 12.4 Å². The van der Waals surface area contributed by atoms with Crippen LogP contribution in [0.1, 0.15) is 42.2 Å². The van der Waals surface area contributed by atoms with Crippen LogP contribution in [0, 0.1) is 0 Å². The third-order valence-electron chi connectivity index (χ3n) is 8.77. The highest BCUT2D eigenvalue weighted by Crippen LogP contribution is 2.43. The fraction of sp³-hybridized carbons (Fsp3) is 0.361. The van der Waals surface area contributed by atoms with Gasteiger partial charge in [-0.1, -0.05) is 54.6 Å². The van der Waals surface area contributed by atoms with Crippen LogP contribution >= 0.6 is 0 Å². The number of hydrogen-bond donors (Lipinski definition) is 3. The predicted molar refractivity (Wildman–Crippen MR) is 181 cm³/mol. The molecule has 1 aliphatic rings. The van der Waals surface area contributed by atoms with Gasteiger partial charge in [0.1, 0.15) is 47.3 Å². The van der Waals surface area contributed by atoms with Crippen LogP contribution < -0.4 is 20.9 Å². The number of methoxy groups -OCH3 is 2. The summed E-state index contributed by atoms with van der Waals surface area (Å²) in [6.45, 7) is 1.05. The topological polar surface area (TPSA) is 162 Å². The average Bonchev–Trinajstić information content (AvgIpc) is 3.70. The molecule has 1 aliphatic heterocycles. The maximum atomic E-state index is 11.8. The van der Waals surface area contributed by atoms with E-state index in [2.05, 4.69) is 15.0 Å². The molecule has 0 bridgehead atoms. The Morgan fingerprint density at radius 3 is 2.10 bits per heavy atom. The second kappa shape index (κ2) is 15.1.